The van der Waals surface area contributed by atoms with Crippen LogP contribution in [-0.2, 0) is 19.1 Å². The predicted molar refractivity (Wildman–Crippen MR) is 202 cm³/mol. The van der Waals surface area contributed by atoms with Gasteiger partial charge in [-0.3, -0.25) is 9.59 Å². The lowest BCUT2D eigenvalue weighted by Crippen LogP contribution is -2.28. The molecule has 0 atom stereocenters. The summed E-state index contributed by atoms with van der Waals surface area (Å²) in [6, 6.07) is 0. The lowest BCUT2D eigenvalue weighted by Gasteiger charge is -2.22. The summed E-state index contributed by atoms with van der Waals surface area (Å²) in [6.07, 6.45) is 34.5. The van der Waals surface area contributed by atoms with Gasteiger partial charge in [0.25, 0.3) is 0 Å². The van der Waals surface area contributed by atoms with Gasteiger partial charge in [0.1, 0.15) is 6.10 Å². The maximum Gasteiger partial charge on any atom is 0.306 e. The van der Waals surface area contributed by atoms with Crippen LogP contribution in [0.15, 0.2) is 0 Å². The molecule has 47 heavy (non-hydrogen) atoms. The summed E-state index contributed by atoms with van der Waals surface area (Å²) in [4.78, 5) is 27.2. The summed E-state index contributed by atoms with van der Waals surface area (Å²) < 4.78 is 11.4. The van der Waals surface area contributed by atoms with Crippen molar-refractivity contribution in [2.45, 2.75) is 219 Å². The zero-order chi connectivity index (χ0) is 34.5. The molecule has 0 saturated heterocycles. The Morgan fingerprint density at radius 1 is 0.489 bits per heavy atom. The molecule has 2 N–H and O–H groups in total. The first-order valence-corrected chi connectivity index (χ1v) is 20.8. The van der Waals surface area contributed by atoms with Gasteiger partial charge in [0.15, 0.2) is 0 Å². The standard InChI is InChI=1S/C41H82N2O4/c1-4-7-10-12-17-21-30-39(31-22-18-13-11-8-5-2)47-41(45)33-24-27-36-43(37-28-25-34-42)35-26-20-16-14-15-19-23-32-40(44)46-38-29-9-6-3/h39H,4-38,42H2,1-3H3. The molecule has 0 unspecified atom stereocenters. The Bertz CT molecular complexity index is 643. The van der Waals surface area contributed by atoms with Gasteiger partial charge in [-0.1, -0.05) is 130 Å². The number of nitrogens with zero attached hydrogens (tertiary/aromatic N) is 1. The van der Waals surface area contributed by atoms with Gasteiger partial charge in [-0.05, 0) is 96.8 Å². The number of hydrogen-bond acceptors (Lipinski definition) is 6. The Labute approximate surface area is 293 Å². The molecule has 0 aliphatic heterocycles. The van der Waals surface area contributed by atoms with E-state index in [4.69, 9.17) is 15.2 Å². The Hall–Kier alpha value is -1.14. The first-order chi connectivity index (χ1) is 23.1. The second-order valence-corrected chi connectivity index (χ2v) is 14.2. The van der Waals surface area contributed by atoms with Crippen molar-refractivity contribution in [3.63, 3.8) is 0 Å². The smallest absolute Gasteiger partial charge is 0.306 e. The molecule has 0 aromatic rings. The molecule has 0 bridgehead atoms. The monoisotopic (exact) mass is 667 g/mol. The van der Waals surface area contributed by atoms with Crippen LogP contribution in [0, 0.1) is 0 Å². The average molecular weight is 667 g/mol. The summed E-state index contributed by atoms with van der Waals surface area (Å²) in [5, 5.41) is 0. The number of nitrogens with two attached hydrogens (primary N) is 1. The van der Waals surface area contributed by atoms with Crippen molar-refractivity contribution >= 4 is 11.9 Å². The minimum atomic E-state index is -0.0242. The van der Waals surface area contributed by atoms with Crippen molar-refractivity contribution in [1.82, 2.24) is 4.90 Å². The topological polar surface area (TPSA) is 81.9 Å². The Kier molecular flexibility index (Phi) is 36.8. The fourth-order valence-corrected chi connectivity index (χ4v) is 6.33. The molecule has 0 fully saturated rings. The first kappa shape index (κ1) is 45.9. The van der Waals surface area contributed by atoms with Crippen molar-refractivity contribution in [2.75, 3.05) is 32.8 Å². The molecule has 280 valence electrons. The van der Waals surface area contributed by atoms with Gasteiger partial charge < -0.3 is 20.1 Å². The minimum Gasteiger partial charge on any atom is -0.466 e. The lowest BCUT2D eigenvalue weighted by molar-refractivity contribution is -0.150. The van der Waals surface area contributed by atoms with E-state index in [1.54, 1.807) is 0 Å². The molecule has 0 aliphatic rings. The number of carbonyl (C=O) groups excluding carboxylic acids is 2. The van der Waals surface area contributed by atoms with E-state index in [0.29, 0.717) is 19.4 Å². The van der Waals surface area contributed by atoms with E-state index >= 15 is 0 Å². The molecule has 0 aliphatic carbocycles. The Balaban J connectivity index is 4.24. The zero-order valence-corrected chi connectivity index (χ0v) is 32.0. The number of unbranched alkanes of at least 4 members (excludes halogenated alkanes) is 20. The van der Waals surface area contributed by atoms with E-state index in [1.807, 2.05) is 0 Å². The van der Waals surface area contributed by atoms with Crippen LogP contribution in [0.25, 0.3) is 0 Å². The highest BCUT2D eigenvalue weighted by Gasteiger charge is 2.15. The zero-order valence-electron chi connectivity index (χ0n) is 32.0. The second kappa shape index (κ2) is 37.7. The van der Waals surface area contributed by atoms with Crippen LogP contribution in [-0.4, -0.2) is 55.7 Å². The molecular weight excluding hydrogens is 584 g/mol. The third-order valence-electron chi connectivity index (χ3n) is 9.46. The van der Waals surface area contributed by atoms with E-state index < -0.39 is 0 Å². The molecule has 0 aromatic heterocycles. The van der Waals surface area contributed by atoms with Crippen LogP contribution >= 0.6 is 0 Å². The van der Waals surface area contributed by atoms with E-state index in [9.17, 15) is 9.59 Å². The SMILES string of the molecule is CCCCCCCCC(CCCCCCCC)OC(=O)CCCCN(CCCCN)CCCCCCCCCC(=O)OCCCCC. The van der Waals surface area contributed by atoms with Crippen LogP contribution in [0.2, 0.25) is 0 Å². The van der Waals surface area contributed by atoms with Gasteiger partial charge in [-0.2, -0.15) is 0 Å². The largest absolute Gasteiger partial charge is 0.466 e. The average Bonchev–Trinajstić information content (AvgIpc) is 3.06. The Morgan fingerprint density at radius 2 is 0.894 bits per heavy atom. The summed E-state index contributed by atoms with van der Waals surface area (Å²) in [6.45, 7) is 11.3. The summed E-state index contributed by atoms with van der Waals surface area (Å²) in [5.41, 5.74) is 5.77. The second-order valence-electron chi connectivity index (χ2n) is 14.2. The van der Waals surface area contributed by atoms with Crippen LogP contribution in [0.4, 0.5) is 0 Å². The molecule has 0 rings (SSSR count). The highest BCUT2D eigenvalue weighted by atomic mass is 16.5. The first-order valence-electron chi connectivity index (χ1n) is 20.8. The van der Waals surface area contributed by atoms with Crippen molar-refractivity contribution in [2.24, 2.45) is 5.73 Å². The molecule has 0 saturated carbocycles. The van der Waals surface area contributed by atoms with Crippen LogP contribution in [0.3, 0.4) is 0 Å². The van der Waals surface area contributed by atoms with E-state index in [1.165, 1.54) is 109 Å². The summed E-state index contributed by atoms with van der Waals surface area (Å²) >= 11 is 0. The van der Waals surface area contributed by atoms with Gasteiger partial charge in [-0.25, -0.2) is 0 Å². The van der Waals surface area contributed by atoms with Crippen molar-refractivity contribution < 1.29 is 19.1 Å². The summed E-state index contributed by atoms with van der Waals surface area (Å²) in [5.74, 6) is -0.00516. The highest BCUT2D eigenvalue weighted by molar-refractivity contribution is 5.69. The third kappa shape index (κ3) is 34.5. The number of esters is 2. The minimum absolute atomic E-state index is 0.0190. The molecular formula is C41H82N2O4. The van der Waals surface area contributed by atoms with Crippen LogP contribution < -0.4 is 5.73 Å². The normalized spacial score (nSPS) is 11.5. The number of rotatable bonds is 38. The fourth-order valence-electron chi connectivity index (χ4n) is 6.33. The maximum absolute atomic E-state index is 12.8. The van der Waals surface area contributed by atoms with Crippen molar-refractivity contribution in [3.8, 4) is 0 Å². The van der Waals surface area contributed by atoms with Gasteiger partial charge in [-0.15, -0.1) is 0 Å². The number of ether oxygens (including phenoxy) is 2. The van der Waals surface area contributed by atoms with E-state index in [2.05, 4.69) is 25.7 Å². The molecule has 6 nitrogen and oxygen atoms in total. The fraction of sp³-hybridized carbons (Fsp3) is 0.951. The molecule has 0 spiro atoms. The van der Waals surface area contributed by atoms with Crippen LogP contribution in [0.1, 0.15) is 213 Å². The van der Waals surface area contributed by atoms with Crippen LogP contribution in [0.5, 0.6) is 0 Å². The van der Waals surface area contributed by atoms with Crippen molar-refractivity contribution in [3.05, 3.63) is 0 Å². The molecule has 0 heterocycles. The van der Waals surface area contributed by atoms with E-state index in [-0.39, 0.29) is 18.0 Å². The van der Waals surface area contributed by atoms with Gasteiger partial charge in [0, 0.05) is 12.8 Å². The van der Waals surface area contributed by atoms with Gasteiger partial charge >= 0.3 is 11.9 Å². The molecule has 0 aromatic carbocycles. The molecule has 6 heteroatoms. The van der Waals surface area contributed by atoms with E-state index in [0.717, 1.165) is 96.8 Å². The lowest BCUT2D eigenvalue weighted by atomic mass is 10.0. The Morgan fingerprint density at radius 3 is 1.45 bits per heavy atom. The number of carbonyl (C=O) groups is 2. The van der Waals surface area contributed by atoms with Gasteiger partial charge in [0.2, 0.25) is 0 Å². The molecule has 0 amide bonds. The highest BCUT2D eigenvalue weighted by Crippen LogP contribution is 2.18. The number of hydrogen-bond donors (Lipinski definition) is 1. The summed E-state index contributed by atoms with van der Waals surface area (Å²) in [7, 11) is 0. The quantitative estimate of drug-likeness (QED) is 0.0521. The third-order valence-corrected chi connectivity index (χ3v) is 9.46. The van der Waals surface area contributed by atoms with Gasteiger partial charge in [0.05, 0.1) is 6.61 Å². The van der Waals surface area contributed by atoms with Crippen molar-refractivity contribution in [1.29, 1.82) is 0 Å². The molecule has 0 radical (unpaired) electrons. The predicted octanol–water partition coefficient (Wildman–Crippen LogP) is 11.5. The maximum atomic E-state index is 12.8.